The molecule has 9 rings (SSSR count). The molecule has 62 heavy (non-hydrogen) atoms. The normalized spacial score (nSPS) is 23.6. The molecule has 6 heterocycles. The molecule has 2 saturated carbocycles. The zero-order valence-electron chi connectivity index (χ0n) is 34.6. The van der Waals surface area contributed by atoms with Gasteiger partial charge in [-0.25, -0.2) is 18.7 Å². The minimum absolute atomic E-state index is 0.0377. The molecular formula is C44H52F2N10O6. The van der Waals surface area contributed by atoms with Crippen molar-refractivity contribution in [2.24, 2.45) is 11.8 Å². The van der Waals surface area contributed by atoms with E-state index >= 15 is 0 Å². The highest BCUT2D eigenvalue weighted by molar-refractivity contribution is 6.06. The predicted molar refractivity (Wildman–Crippen MR) is 222 cm³/mol. The van der Waals surface area contributed by atoms with E-state index in [0.29, 0.717) is 46.9 Å². The smallest absolute Gasteiger partial charge is 0.284 e. The fourth-order valence-corrected chi connectivity index (χ4v) is 9.56. The number of nitrogens with one attached hydrogen (secondary N) is 3. The number of rotatable bonds is 14. The van der Waals surface area contributed by atoms with Crippen LogP contribution in [0.4, 0.5) is 20.3 Å². The van der Waals surface area contributed by atoms with Crippen molar-refractivity contribution in [3.05, 3.63) is 77.1 Å². The highest BCUT2D eigenvalue weighted by Crippen LogP contribution is 2.39. The molecule has 2 atom stereocenters. The number of imide groups is 1. The first-order valence-corrected chi connectivity index (χ1v) is 21.7. The molecule has 16 nitrogen and oxygen atoms in total. The Morgan fingerprint density at radius 2 is 1.81 bits per heavy atom. The Balaban J connectivity index is 0.747. The van der Waals surface area contributed by atoms with Crippen molar-refractivity contribution in [1.82, 2.24) is 39.8 Å². The highest BCUT2D eigenvalue weighted by Gasteiger charge is 2.45. The number of carbonyl (C=O) groups is 4. The number of anilines is 2. The lowest BCUT2D eigenvalue weighted by molar-refractivity contribution is -0.139. The summed E-state index contributed by atoms with van der Waals surface area (Å²) >= 11 is 0. The van der Waals surface area contributed by atoms with Crippen LogP contribution in [0.2, 0.25) is 0 Å². The van der Waals surface area contributed by atoms with Crippen LogP contribution in [-0.2, 0) is 16.1 Å². The Morgan fingerprint density at radius 1 is 1.03 bits per heavy atom. The summed E-state index contributed by atoms with van der Waals surface area (Å²) in [5.41, 5.74) is 1.81. The molecule has 5 aliphatic rings. The number of carbonyl (C=O) groups excluding carboxylic acids is 4. The second-order valence-electron chi connectivity index (χ2n) is 17.5. The van der Waals surface area contributed by atoms with Gasteiger partial charge in [-0.2, -0.15) is 5.10 Å². The number of likely N-dealkylation sites (tertiary alicyclic amines) is 1. The molecule has 0 spiro atoms. The largest absolute Gasteiger partial charge is 0.444 e. The molecule has 2 unspecified atom stereocenters. The predicted octanol–water partition coefficient (Wildman–Crippen LogP) is 5.52. The number of piperidine rings is 2. The standard InChI is InChI=1S/C44H52F2N10O6/c1-53(29-14-17-54(18-15-29)22-28-3-2-4-31-37(28)44(61)56(43(31)60)34-11-12-36(57)51-41(34)59)21-26-7-9-30(10-8-26)55-23-32(38(52-55)39(45)46)49-40(58)33-24-62-42(50-33)27-13-16-47-35(19-27)48-20-25-5-6-25/h2-4,13,16,19,23-26,29-30,34,39,43,60H,5-12,14-15,17-18,20-22H2,1H3,(H,47,48)(H,49,58)(H,51,57,59)/t26-,30-,34?,43?. The summed E-state index contributed by atoms with van der Waals surface area (Å²) in [5.74, 6) is 0.0183. The van der Waals surface area contributed by atoms with Gasteiger partial charge in [0.25, 0.3) is 18.2 Å². The second-order valence-corrected chi connectivity index (χ2v) is 17.5. The van der Waals surface area contributed by atoms with Crippen molar-refractivity contribution in [3.63, 3.8) is 0 Å². The van der Waals surface area contributed by atoms with Gasteiger partial charge in [0.15, 0.2) is 17.6 Å². The van der Waals surface area contributed by atoms with Gasteiger partial charge in [-0.3, -0.25) is 39.0 Å². The maximum absolute atomic E-state index is 14.2. The van der Waals surface area contributed by atoms with Crippen molar-refractivity contribution >= 4 is 35.1 Å². The van der Waals surface area contributed by atoms with Gasteiger partial charge >= 0.3 is 0 Å². The Morgan fingerprint density at radius 3 is 2.55 bits per heavy atom. The number of benzene rings is 1. The lowest BCUT2D eigenvalue weighted by atomic mass is 9.85. The number of hydrogen-bond acceptors (Lipinski definition) is 12. The summed E-state index contributed by atoms with van der Waals surface area (Å²) in [6, 6.07) is 8.40. The molecule has 4 aromatic rings. The summed E-state index contributed by atoms with van der Waals surface area (Å²) in [6.07, 6.45) is 8.23. The molecule has 2 aliphatic carbocycles. The number of pyridine rings is 1. The van der Waals surface area contributed by atoms with Crippen LogP contribution in [0.5, 0.6) is 0 Å². The SMILES string of the molecule is CN(C[C@H]1CC[C@H](n2cc(NC(=O)c3coc(-c4ccnc(NCC5CC5)c4)n3)c(C(F)F)n2)CC1)C1CCN(Cc2cccc3c2C(=O)N(C2CCC(=O)NC2=O)C3O)CC1. The zero-order chi connectivity index (χ0) is 43.1. The van der Waals surface area contributed by atoms with Gasteiger partial charge in [0.05, 0.1) is 17.3 Å². The van der Waals surface area contributed by atoms with Crippen LogP contribution in [0.1, 0.15) is 121 Å². The second kappa shape index (κ2) is 17.6. The molecule has 1 aromatic carbocycles. The number of halogens is 2. The fraction of sp³-hybridized carbons (Fsp3) is 0.523. The van der Waals surface area contributed by atoms with Crippen LogP contribution in [0, 0.1) is 11.8 Å². The minimum Gasteiger partial charge on any atom is -0.444 e. The molecule has 4 fully saturated rings. The molecule has 18 heteroatoms. The summed E-state index contributed by atoms with van der Waals surface area (Å²) < 4.78 is 35.6. The van der Waals surface area contributed by atoms with E-state index in [4.69, 9.17) is 4.42 Å². The number of hydrogen-bond donors (Lipinski definition) is 4. The Hall–Kier alpha value is -5.59. The zero-order valence-corrected chi connectivity index (χ0v) is 34.6. The first kappa shape index (κ1) is 41.7. The fourth-order valence-electron chi connectivity index (χ4n) is 9.56. The quantitative estimate of drug-likeness (QED) is 0.116. The number of aromatic nitrogens is 4. The number of alkyl halides is 2. The van der Waals surface area contributed by atoms with Crippen molar-refractivity contribution in [2.45, 2.75) is 102 Å². The molecule has 4 N–H and O–H groups in total. The van der Waals surface area contributed by atoms with Gasteiger partial charge in [-0.1, -0.05) is 18.2 Å². The monoisotopic (exact) mass is 854 g/mol. The third-order valence-corrected chi connectivity index (χ3v) is 13.3. The first-order chi connectivity index (χ1) is 30.0. The lowest BCUT2D eigenvalue weighted by Gasteiger charge is -2.39. The van der Waals surface area contributed by atoms with E-state index in [1.54, 1.807) is 29.1 Å². The summed E-state index contributed by atoms with van der Waals surface area (Å²) in [5, 5.41) is 23.5. The number of fused-ring (bicyclic) bond motifs is 1. The van der Waals surface area contributed by atoms with E-state index in [2.05, 4.69) is 47.9 Å². The first-order valence-electron chi connectivity index (χ1n) is 21.7. The Bertz CT molecular complexity index is 2320. The average molecular weight is 855 g/mol. The van der Waals surface area contributed by atoms with Crippen LogP contribution in [0.25, 0.3) is 11.5 Å². The number of nitrogens with zero attached hydrogens (tertiary/aromatic N) is 7. The molecule has 0 radical (unpaired) electrons. The van der Waals surface area contributed by atoms with Crippen molar-refractivity contribution in [1.29, 1.82) is 0 Å². The van der Waals surface area contributed by atoms with Crippen LogP contribution in [0.3, 0.4) is 0 Å². The van der Waals surface area contributed by atoms with E-state index in [1.807, 2.05) is 12.1 Å². The van der Waals surface area contributed by atoms with Gasteiger partial charge < -0.3 is 25.1 Å². The van der Waals surface area contributed by atoms with Crippen LogP contribution >= 0.6 is 0 Å². The number of oxazole rings is 1. The van der Waals surface area contributed by atoms with E-state index in [1.165, 1.54) is 30.2 Å². The van der Waals surface area contributed by atoms with Crippen molar-refractivity contribution < 1.29 is 37.5 Å². The van der Waals surface area contributed by atoms with E-state index in [-0.39, 0.29) is 48.0 Å². The molecule has 3 aromatic heterocycles. The average Bonchev–Trinajstić information content (AvgIpc) is 3.67. The van der Waals surface area contributed by atoms with Crippen LogP contribution in [-0.4, -0.2) is 108 Å². The van der Waals surface area contributed by atoms with Gasteiger partial charge in [0.1, 0.15) is 18.1 Å². The summed E-state index contributed by atoms with van der Waals surface area (Å²) in [4.78, 5) is 65.8. The third kappa shape index (κ3) is 8.85. The minimum atomic E-state index is -2.88. The topological polar surface area (TPSA) is 191 Å². The van der Waals surface area contributed by atoms with E-state index < -0.39 is 36.2 Å². The third-order valence-electron chi connectivity index (χ3n) is 13.3. The summed E-state index contributed by atoms with van der Waals surface area (Å²) in [7, 11) is 2.16. The number of aliphatic hydroxyl groups excluding tert-OH is 1. The van der Waals surface area contributed by atoms with Crippen LogP contribution < -0.4 is 16.0 Å². The molecule has 0 bridgehead atoms. The summed E-state index contributed by atoms with van der Waals surface area (Å²) in [6.45, 7) is 3.99. The molecule has 2 saturated heterocycles. The Kier molecular flexibility index (Phi) is 11.9. The van der Waals surface area contributed by atoms with Crippen molar-refractivity contribution in [3.8, 4) is 11.5 Å². The maximum Gasteiger partial charge on any atom is 0.284 e. The number of amides is 4. The van der Waals surface area contributed by atoms with Gasteiger partial charge in [-0.05, 0) is 107 Å². The lowest BCUT2D eigenvalue weighted by Crippen LogP contribution is -2.53. The van der Waals surface area contributed by atoms with E-state index in [9.17, 15) is 33.1 Å². The van der Waals surface area contributed by atoms with Gasteiger partial charge in [-0.15, -0.1) is 0 Å². The van der Waals surface area contributed by atoms with Gasteiger partial charge in [0, 0.05) is 55.6 Å². The van der Waals surface area contributed by atoms with E-state index in [0.717, 1.165) is 70.3 Å². The Labute approximate surface area is 357 Å². The van der Waals surface area contributed by atoms with Gasteiger partial charge in [0.2, 0.25) is 17.7 Å². The molecule has 328 valence electrons. The molecular weight excluding hydrogens is 803 g/mol. The van der Waals surface area contributed by atoms with Crippen LogP contribution in [0.15, 0.2) is 53.4 Å². The molecule has 3 aliphatic heterocycles. The molecule has 4 amide bonds. The van der Waals surface area contributed by atoms with Crippen molar-refractivity contribution in [2.75, 3.05) is 43.9 Å². The maximum atomic E-state index is 14.2. The highest BCUT2D eigenvalue weighted by atomic mass is 19.3. The number of aliphatic hydroxyl groups is 1.